The second kappa shape index (κ2) is 15.2. The predicted molar refractivity (Wildman–Crippen MR) is 154 cm³/mol. The van der Waals surface area contributed by atoms with E-state index in [2.05, 4.69) is 10.3 Å². The first kappa shape index (κ1) is 37.1. The van der Waals surface area contributed by atoms with Gasteiger partial charge in [-0.05, 0) is 66.6 Å². The first-order chi connectivity index (χ1) is 19.2. The minimum Gasteiger partial charge on any atom is -0.748 e. The molecule has 0 atom stereocenters. The quantitative estimate of drug-likeness (QED) is 0.0891. The number of hydrogen-bond donors (Lipinski definition) is 1. The van der Waals surface area contributed by atoms with Gasteiger partial charge in [-0.3, -0.25) is 4.79 Å². The van der Waals surface area contributed by atoms with E-state index < -0.39 is 31.9 Å². The zero-order valence-corrected chi connectivity index (χ0v) is 30.1. The number of aryl methyl sites for hydroxylation is 1. The largest absolute Gasteiger partial charge is 1.00 e. The summed E-state index contributed by atoms with van der Waals surface area (Å²) >= 11 is 1.08. The van der Waals surface area contributed by atoms with Crippen LogP contribution >= 0.6 is 11.3 Å². The summed E-state index contributed by atoms with van der Waals surface area (Å²) in [6.07, 6.45) is 1.40. The molecule has 0 radical (unpaired) electrons. The number of hydrogen-bond acceptors (Lipinski definition) is 11. The number of aromatic nitrogens is 1. The van der Waals surface area contributed by atoms with E-state index in [1.54, 1.807) is 73.5 Å². The number of fused-ring (bicyclic) bond motifs is 1. The fourth-order valence-corrected chi connectivity index (χ4v) is 6.70. The Hall–Kier alpha value is -2.13. The van der Waals surface area contributed by atoms with Crippen molar-refractivity contribution in [3.8, 4) is 16.6 Å². The summed E-state index contributed by atoms with van der Waals surface area (Å²) in [6, 6.07) is 18.3. The molecule has 4 rings (SSSR count). The molecule has 1 heterocycles. The first-order valence-electron chi connectivity index (χ1n) is 11.9. The summed E-state index contributed by atoms with van der Waals surface area (Å²) in [5, 5.41) is 12.7. The van der Waals surface area contributed by atoms with Crippen molar-refractivity contribution in [1.29, 1.82) is 5.26 Å². The Morgan fingerprint density at radius 3 is 2.21 bits per heavy atom. The van der Waals surface area contributed by atoms with Crippen molar-refractivity contribution in [2.75, 3.05) is 29.6 Å². The van der Waals surface area contributed by atoms with Gasteiger partial charge in [-0.15, -0.1) is 11.3 Å². The van der Waals surface area contributed by atoms with E-state index in [0.717, 1.165) is 11.3 Å². The van der Waals surface area contributed by atoms with Crippen LogP contribution in [0.1, 0.15) is 11.1 Å². The fourth-order valence-electron chi connectivity index (χ4n) is 3.91. The SMILES string of the molecule is Cc1ccc2nc(-c3ccc(NC(=O)C(C#N)=Cc4ccc(N(C)CCS(=O)(=O)[O-])cc4)cc3)sc2c1S(=O)(=O)[O-].[Na+].[Na+]. The van der Waals surface area contributed by atoms with Gasteiger partial charge in [0, 0.05) is 30.5 Å². The minimum absolute atomic E-state index is 0. The summed E-state index contributed by atoms with van der Waals surface area (Å²) in [5.74, 6) is -1.17. The van der Waals surface area contributed by atoms with E-state index in [1.165, 1.54) is 12.1 Å². The minimum atomic E-state index is -4.69. The molecule has 212 valence electrons. The molecule has 0 saturated heterocycles. The van der Waals surface area contributed by atoms with Crippen LogP contribution in [0.3, 0.4) is 0 Å². The number of anilines is 2. The van der Waals surface area contributed by atoms with Gasteiger partial charge in [0.15, 0.2) is 0 Å². The van der Waals surface area contributed by atoms with Gasteiger partial charge in [0.05, 0.1) is 31.0 Å². The van der Waals surface area contributed by atoms with E-state index in [9.17, 15) is 36.0 Å². The number of nitriles is 1. The molecule has 0 aliphatic heterocycles. The van der Waals surface area contributed by atoms with E-state index in [-0.39, 0.29) is 80.8 Å². The van der Waals surface area contributed by atoms with Crippen molar-refractivity contribution in [2.24, 2.45) is 0 Å². The van der Waals surface area contributed by atoms with Gasteiger partial charge in [-0.2, -0.15) is 5.26 Å². The summed E-state index contributed by atoms with van der Waals surface area (Å²) in [6.45, 7) is 1.57. The standard InChI is InChI=1S/C27H24N4O7S3.2Na/c1-17-3-12-23-24(25(17)41(36,37)38)39-27(30-23)19-6-8-21(9-7-19)29-26(32)20(16-28)15-18-4-10-22(11-5-18)31(2)13-14-40(33,34)35;;/h3-12,15H,13-14H2,1-2H3,(H,29,32)(H,33,34,35)(H,36,37,38);;/q;2*+1/p-2. The average molecular weight is 657 g/mol. The number of nitrogens with zero attached hydrogens (tertiary/aromatic N) is 3. The molecule has 1 N–H and O–H groups in total. The maximum Gasteiger partial charge on any atom is 1.00 e. The van der Waals surface area contributed by atoms with Crippen LogP contribution < -0.4 is 69.3 Å². The van der Waals surface area contributed by atoms with Crippen LogP contribution in [0, 0.1) is 18.3 Å². The van der Waals surface area contributed by atoms with Crippen LogP contribution in [0.15, 0.2) is 71.1 Å². The molecule has 1 aromatic heterocycles. The first-order valence-corrected chi connectivity index (χ1v) is 15.7. The monoisotopic (exact) mass is 656 g/mol. The zero-order chi connectivity index (χ0) is 29.9. The molecule has 1 amide bonds. The Bertz CT molecular complexity index is 1920. The Labute approximate surface area is 297 Å². The smallest absolute Gasteiger partial charge is 0.748 e. The third kappa shape index (κ3) is 9.68. The van der Waals surface area contributed by atoms with Crippen molar-refractivity contribution >= 4 is 65.1 Å². The van der Waals surface area contributed by atoms with Crippen molar-refractivity contribution in [3.05, 3.63) is 77.4 Å². The average Bonchev–Trinajstić information content (AvgIpc) is 3.33. The van der Waals surface area contributed by atoms with Gasteiger partial charge in [0.25, 0.3) is 5.91 Å². The van der Waals surface area contributed by atoms with Crippen molar-refractivity contribution in [3.63, 3.8) is 0 Å². The number of benzene rings is 3. The zero-order valence-electron chi connectivity index (χ0n) is 23.7. The Balaban J connectivity index is 0.00000323. The number of nitrogens with one attached hydrogen (secondary N) is 1. The summed E-state index contributed by atoms with van der Waals surface area (Å²) in [7, 11) is -7.38. The third-order valence-electron chi connectivity index (χ3n) is 6.04. The van der Waals surface area contributed by atoms with Crippen LogP contribution in [-0.2, 0) is 25.0 Å². The van der Waals surface area contributed by atoms with Gasteiger partial charge in [0.2, 0.25) is 0 Å². The Morgan fingerprint density at radius 1 is 1.02 bits per heavy atom. The molecule has 0 fully saturated rings. The Kier molecular flexibility index (Phi) is 13.1. The molecule has 43 heavy (non-hydrogen) atoms. The molecule has 0 aliphatic rings. The molecule has 3 aromatic carbocycles. The van der Waals surface area contributed by atoms with E-state index in [4.69, 9.17) is 0 Å². The fraction of sp³-hybridized carbons (Fsp3) is 0.148. The number of carbonyl (C=O) groups excluding carboxylic acids is 1. The summed E-state index contributed by atoms with van der Waals surface area (Å²) in [5.41, 5.74) is 2.85. The van der Waals surface area contributed by atoms with Crippen molar-refractivity contribution in [2.45, 2.75) is 11.8 Å². The van der Waals surface area contributed by atoms with Crippen LogP contribution in [0.5, 0.6) is 0 Å². The van der Waals surface area contributed by atoms with Crippen LogP contribution in [-0.4, -0.2) is 56.2 Å². The van der Waals surface area contributed by atoms with E-state index in [1.807, 2.05) is 6.07 Å². The molecule has 0 spiro atoms. The molecule has 0 saturated carbocycles. The summed E-state index contributed by atoms with van der Waals surface area (Å²) < 4.78 is 68.2. The van der Waals surface area contributed by atoms with Crippen LogP contribution in [0.4, 0.5) is 11.4 Å². The van der Waals surface area contributed by atoms with Crippen molar-refractivity contribution < 1.29 is 89.9 Å². The number of amides is 1. The molecular formula is C27H22N4Na2O7S3. The molecule has 0 bridgehead atoms. The number of thiazole rings is 1. The molecule has 0 unspecified atom stereocenters. The molecule has 0 aliphatic carbocycles. The normalized spacial score (nSPS) is 11.7. The molecular weight excluding hydrogens is 634 g/mol. The summed E-state index contributed by atoms with van der Waals surface area (Å²) in [4.78, 5) is 18.5. The predicted octanol–water partition coefficient (Wildman–Crippen LogP) is -2.29. The second-order valence-corrected chi connectivity index (χ2v) is 12.8. The number of carbonyl (C=O) groups is 1. The van der Waals surface area contributed by atoms with Gasteiger partial charge in [-0.25, -0.2) is 21.8 Å². The molecule has 4 aromatic rings. The topological polar surface area (TPSA) is 183 Å². The van der Waals surface area contributed by atoms with Gasteiger partial charge >= 0.3 is 59.1 Å². The van der Waals surface area contributed by atoms with E-state index >= 15 is 0 Å². The van der Waals surface area contributed by atoms with Gasteiger partial charge < -0.3 is 19.3 Å². The van der Waals surface area contributed by atoms with Gasteiger partial charge in [-0.1, -0.05) is 18.2 Å². The third-order valence-corrected chi connectivity index (χ3v) is 9.01. The van der Waals surface area contributed by atoms with Crippen LogP contribution in [0.25, 0.3) is 26.9 Å². The van der Waals surface area contributed by atoms with E-state index in [0.29, 0.717) is 38.6 Å². The van der Waals surface area contributed by atoms with Crippen LogP contribution in [0.2, 0.25) is 0 Å². The Morgan fingerprint density at radius 2 is 1.65 bits per heavy atom. The number of rotatable bonds is 9. The van der Waals surface area contributed by atoms with Gasteiger partial charge in [0.1, 0.15) is 26.8 Å². The van der Waals surface area contributed by atoms with Crippen molar-refractivity contribution in [1.82, 2.24) is 4.98 Å². The molecule has 16 heteroatoms. The maximum absolute atomic E-state index is 12.7. The molecule has 11 nitrogen and oxygen atoms in total. The second-order valence-electron chi connectivity index (χ2n) is 9.01. The maximum atomic E-state index is 12.7.